The van der Waals surface area contributed by atoms with Gasteiger partial charge in [0.2, 0.25) is 10.0 Å². The molecule has 0 N–H and O–H groups in total. The lowest BCUT2D eigenvalue weighted by molar-refractivity contribution is 0.401. The molecule has 0 radical (unpaired) electrons. The maximum absolute atomic E-state index is 11.6. The molecule has 1 rings (SSSR count). The van der Waals surface area contributed by atoms with Crippen LogP contribution in [-0.4, -0.2) is 24.4 Å². The Morgan fingerprint density at radius 3 is 2.62 bits per heavy atom. The van der Waals surface area contributed by atoms with Crippen molar-refractivity contribution in [2.24, 2.45) is 0 Å². The Morgan fingerprint density at radius 1 is 1.50 bits per heavy atom. The van der Waals surface area contributed by atoms with E-state index in [0.29, 0.717) is 5.02 Å². The number of sulfonamides is 1. The lowest BCUT2D eigenvalue weighted by atomic mass is 10.1. The van der Waals surface area contributed by atoms with E-state index in [1.165, 1.54) is 4.31 Å². The van der Waals surface area contributed by atoms with Crippen LogP contribution in [0.4, 0.5) is 0 Å². The van der Waals surface area contributed by atoms with Crippen molar-refractivity contribution >= 4 is 37.6 Å². The van der Waals surface area contributed by atoms with Crippen molar-refractivity contribution in [2.45, 2.75) is 13.0 Å². The summed E-state index contributed by atoms with van der Waals surface area (Å²) in [5, 5.41) is 0.606. The van der Waals surface area contributed by atoms with E-state index in [-0.39, 0.29) is 10.7 Å². The van der Waals surface area contributed by atoms with Crippen LogP contribution >= 0.6 is 27.5 Å². The molecule has 0 amide bonds. The van der Waals surface area contributed by atoms with Crippen LogP contribution in [0, 0.1) is 0 Å². The van der Waals surface area contributed by atoms with Gasteiger partial charge in [0.25, 0.3) is 0 Å². The summed E-state index contributed by atoms with van der Waals surface area (Å²) in [6.45, 7) is 1.83. The summed E-state index contributed by atoms with van der Waals surface area (Å²) in [5.41, 5.74) is 0.875. The molecule has 0 saturated carbocycles. The van der Waals surface area contributed by atoms with Gasteiger partial charge < -0.3 is 0 Å². The highest BCUT2D eigenvalue weighted by Crippen LogP contribution is 2.24. The van der Waals surface area contributed by atoms with Gasteiger partial charge in [-0.25, -0.2) is 8.42 Å². The third-order valence-electron chi connectivity index (χ3n) is 2.45. The second kappa shape index (κ2) is 5.49. The molecule has 0 aliphatic carbocycles. The standard InChI is InChI=1S/C10H13BrClNO2S/c1-8(13(2)16(14,15)7-11)9-4-3-5-10(12)6-9/h3-6,8H,7H2,1-2H3. The van der Waals surface area contributed by atoms with Crippen LogP contribution in [0.5, 0.6) is 0 Å². The molecule has 1 aromatic rings. The monoisotopic (exact) mass is 325 g/mol. The molecule has 0 aromatic heterocycles. The molecule has 0 aliphatic rings. The smallest absolute Gasteiger partial charge is 0.211 e. The minimum absolute atomic E-state index is 0.0819. The third-order valence-corrected chi connectivity index (χ3v) is 5.89. The molecule has 0 aliphatic heterocycles. The number of nitrogens with zero attached hydrogens (tertiary/aromatic N) is 1. The van der Waals surface area contributed by atoms with Gasteiger partial charge in [-0.2, -0.15) is 4.31 Å². The van der Waals surface area contributed by atoms with Crippen LogP contribution in [0.3, 0.4) is 0 Å². The second-order valence-corrected chi connectivity index (χ2v) is 7.24. The van der Waals surface area contributed by atoms with Crippen molar-refractivity contribution in [3.8, 4) is 0 Å². The fourth-order valence-electron chi connectivity index (χ4n) is 1.29. The van der Waals surface area contributed by atoms with Crippen molar-refractivity contribution in [3.05, 3.63) is 34.9 Å². The van der Waals surface area contributed by atoms with Gasteiger partial charge in [-0.15, -0.1) is 0 Å². The topological polar surface area (TPSA) is 37.4 Å². The average Bonchev–Trinajstić information content (AvgIpc) is 2.27. The molecule has 1 aromatic carbocycles. The maximum atomic E-state index is 11.6. The van der Waals surface area contributed by atoms with Gasteiger partial charge in [0.05, 0.1) is 0 Å². The van der Waals surface area contributed by atoms with Crippen LogP contribution < -0.4 is 0 Å². The Labute approximate surface area is 110 Å². The summed E-state index contributed by atoms with van der Waals surface area (Å²) >= 11 is 8.84. The minimum Gasteiger partial charge on any atom is -0.211 e. The summed E-state index contributed by atoms with van der Waals surface area (Å²) in [6.07, 6.45) is 0. The highest BCUT2D eigenvalue weighted by Gasteiger charge is 2.23. The number of halogens is 2. The lowest BCUT2D eigenvalue weighted by Crippen LogP contribution is -2.30. The van der Waals surface area contributed by atoms with Crippen molar-refractivity contribution < 1.29 is 8.42 Å². The van der Waals surface area contributed by atoms with Gasteiger partial charge >= 0.3 is 0 Å². The summed E-state index contributed by atoms with van der Waals surface area (Å²) in [5.74, 6) is 0. The second-order valence-electron chi connectivity index (χ2n) is 3.47. The molecule has 1 atom stereocenters. The molecular weight excluding hydrogens is 314 g/mol. The maximum Gasteiger partial charge on any atom is 0.224 e. The van der Waals surface area contributed by atoms with Crippen LogP contribution in [0.25, 0.3) is 0 Å². The first-order valence-corrected chi connectivity index (χ1v) is 7.76. The quantitative estimate of drug-likeness (QED) is 0.798. The molecular formula is C10H13BrClNO2S. The molecule has 0 spiro atoms. The summed E-state index contributed by atoms with van der Waals surface area (Å²) in [7, 11) is -1.69. The van der Waals surface area contributed by atoms with E-state index < -0.39 is 10.0 Å². The van der Waals surface area contributed by atoms with E-state index in [0.717, 1.165) is 5.56 Å². The van der Waals surface area contributed by atoms with Crippen molar-refractivity contribution in [1.29, 1.82) is 0 Å². The van der Waals surface area contributed by atoms with Gasteiger partial charge in [-0.05, 0) is 24.6 Å². The van der Waals surface area contributed by atoms with E-state index in [9.17, 15) is 8.42 Å². The number of hydrogen-bond acceptors (Lipinski definition) is 2. The van der Waals surface area contributed by atoms with Crippen molar-refractivity contribution in [3.63, 3.8) is 0 Å². The molecule has 0 heterocycles. The normalized spacial score (nSPS) is 14.1. The molecule has 3 nitrogen and oxygen atoms in total. The Morgan fingerprint density at radius 2 is 2.12 bits per heavy atom. The molecule has 0 bridgehead atoms. The van der Waals surface area contributed by atoms with Crippen LogP contribution in [0.15, 0.2) is 24.3 Å². The summed E-state index contributed by atoms with van der Waals surface area (Å²) in [6, 6.07) is 6.96. The third kappa shape index (κ3) is 3.20. The zero-order chi connectivity index (χ0) is 12.3. The minimum atomic E-state index is -3.25. The number of benzene rings is 1. The Balaban J connectivity index is 2.99. The van der Waals surface area contributed by atoms with E-state index in [4.69, 9.17) is 11.6 Å². The Bertz CT molecular complexity index is 464. The fourth-order valence-corrected chi connectivity index (χ4v) is 3.22. The Kier molecular flexibility index (Phi) is 4.79. The summed E-state index contributed by atoms with van der Waals surface area (Å²) < 4.78 is 24.5. The fraction of sp³-hybridized carbons (Fsp3) is 0.400. The first-order chi connectivity index (χ1) is 7.38. The van der Waals surface area contributed by atoms with E-state index in [1.54, 1.807) is 19.2 Å². The lowest BCUT2D eigenvalue weighted by Gasteiger charge is -2.23. The Hall–Kier alpha value is -0.100. The predicted molar refractivity (Wildman–Crippen MR) is 70.3 cm³/mol. The van der Waals surface area contributed by atoms with Crippen LogP contribution in [-0.2, 0) is 10.0 Å². The number of rotatable bonds is 4. The van der Waals surface area contributed by atoms with E-state index in [2.05, 4.69) is 15.9 Å². The first-order valence-electron chi connectivity index (χ1n) is 4.65. The van der Waals surface area contributed by atoms with E-state index in [1.807, 2.05) is 19.1 Å². The SMILES string of the molecule is CC(c1cccc(Cl)c1)N(C)S(=O)(=O)CBr. The van der Waals surface area contributed by atoms with Gasteiger partial charge in [-0.1, -0.05) is 39.7 Å². The van der Waals surface area contributed by atoms with Crippen molar-refractivity contribution in [2.75, 3.05) is 11.7 Å². The van der Waals surface area contributed by atoms with Gasteiger partial charge in [-0.3, -0.25) is 0 Å². The predicted octanol–water partition coefficient (Wildman–Crippen LogP) is 3.02. The molecule has 90 valence electrons. The van der Waals surface area contributed by atoms with Crippen LogP contribution in [0.1, 0.15) is 18.5 Å². The van der Waals surface area contributed by atoms with Crippen molar-refractivity contribution in [1.82, 2.24) is 4.31 Å². The highest BCUT2D eigenvalue weighted by atomic mass is 79.9. The molecule has 1 unspecified atom stereocenters. The van der Waals surface area contributed by atoms with E-state index >= 15 is 0 Å². The van der Waals surface area contributed by atoms with Gasteiger partial charge in [0.15, 0.2) is 0 Å². The first kappa shape index (κ1) is 14.0. The van der Waals surface area contributed by atoms with Gasteiger partial charge in [0, 0.05) is 18.1 Å². The molecule has 16 heavy (non-hydrogen) atoms. The molecule has 0 fully saturated rings. The van der Waals surface area contributed by atoms with Gasteiger partial charge in [0.1, 0.15) is 4.66 Å². The number of hydrogen-bond donors (Lipinski definition) is 0. The summed E-state index contributed by atoms with van der Waals surface area (Å²) in [4.78, 5) is 0. The van der Waals surface area contributed by atoms with Crippen LogP contribution in [0.2, 0.25) is 5.02 Å². The largest absolute Gasteiger partial charge is 0.224 e. The molecule has 6 heteroatoms. The highest BCUT2D eigenvalue weighted by molar-refractivity contribution is 9.10. The molecule has 0 saturated heterocycles. The zero-order valence-corrected chi connectivity index (χ0v) is 12.2. The average molecular weight is 327 g/mol. The number of alkyl halides is 1. The zero-order valence-electron chi connectivity index (χ0n) is 9.02.